The number of carbonyl (C=O) groups is 2. The summed E-state index contributed by atoms with van der Waals surface area (Å²) in [6.45, 7) is 1.46. The van der Waals surface area contributed by atoms with Crippen LogP contribution in [-0.4, -0.2) is 31.7 Å². The van der Waals surface area contributed by atoms with Crippen LogP contribution >= 0.6 is 0 Å². The lowest BCUT2D eigenvalue weighted by Crippen LogP contribution is -2.15. The fraction of sp³-hybridized carbons (Fsp3) is 0.429. The lowest BCUT2D eigenvalue weighted by Gasteiger charge is -2.08. The van der Waals surface area contributed by atoms with Crippen molar-refractivity contribution in [2.45, 2.75) is 19.8 Å². The molecule has 1 aliphatic heterocycles. The lowest BCUT2D eigenvalue weighted by molar-refractivity contribution is -0.135. The molecule has 1 heterocycles. The topological polar surface area (TPSA) is 77.5 Å². The Labute approximate surface area is 117 Å². The molecular weight excluding hydrogens is 280 g/mol. The number of hydrogen-bond acceptors (Lipinski definition) is 5. The summed E-state index contributed by atoms with van der Waals surface area (Å²) in [4.78, 5) is 22.8. The van der Waals surface area contributed by atoms with E-state index in [0.717, 1.165) is 0 Å². The zero-order valence-corrected chi connectivity index (χ0v) is 12.0. The van der Waals surface area contributed by atoms with Gasteiger partial charge in [0.15, 0.2) is 15.6 Å². The maximum Gasteiger partial charge on any atom is 0.311 e. The molecule has 5 nitrogen and oxygen atoms in total. The highest BCUT2D eigenvalue weighted by Crippen LogP contribution is 2.22. The van der Waals surface area contributed by atoms with E-state index in [4.69, 9.17) is 4.74 Å². The average Bonchev–Trinajstić information content (AvgIpc) is 2.69. The molecule has 1 fully saturated rings. The summed E-state index contributed by atoms with van der Waals surface area (Å²) >= 11 is 0. The van der Waals surface area contributed by atoms with Crippen molar-refractivity contribution in [3.8, 4) is 5.75 Å². The fourth-order valence-corrected chi connectivity index (χ4v) is 4.06. The molecule has 1 saturated heterocycles. The summed E-state index contributed by atoms with van der Waals surface area (Å²) in [5.74, 6) is -0.0737. The molecular formula is C14H16O5S. The van der Waals surface area contributed by atoms with E-state index in [1.807, 2.05) is 0 Å². The second-order valence-corrected chi connectivity index (χ2v) is 7.26. The van der Waals surface area contributed by atoms with E-state index >= 15 is 0 Å². The number of ether oxygens (including phenoxy) is 1. The van der Waals surface area contributed by atoms with E-state index < -0.39 is 15.8 Å². The molecule has 2 rings (SSSR count). The van der Waals surface area contributed by atoms with Gasteiger partial charge in [0, 0.05) is 12.0 Å². The molecule has 0 N–H and O–H groups in total. The van der Waals surface area contributed by atoms with Gasteiger partial charge in [-0.15, -0.1) is 0 Å². The quantitative estimate of drug-likeness (QED) is 0.479. The summed E-state index contributed by atoms with van der Waals surface area (Å²) in [5.41, 5.74) is 0.548. The number of ketones is 1. The summed E-state index contributed by atoms with van der Waals surface area (Å²) in [6, 6.07) is 6.29. The maximum atomic E-state index is 11.7. The van der Waals surface area contributed by atoms with Crippen LogP contribution in [0.1, 0.15) is 30.1 Å². The van der Waals surface area contributed by atoms with Gasteiger partial charge in [0.1, 0.15) is 5.75 Å². The van der Waals surface area contributed by atoms with E-state index in [-0.39, 0.29) is 29.6 Å². The molecule has 0 aromatic heterocycles. The van der Waals surface area contributed by atoms with Crippen LogP contribution in [0.15, 0.2) is 24.3 Å². The van der Waals surface area contributed by atoms with E-state index in [9.17, 15) is 18.0 Å². The van der Waals surface area contributed by atoms with Crippen LogP contribution in [0, 0.1) is 5.92 Å². The first-order chi connectivity index (χ1) is 9.35. The molecule has 108 valence electrons. The van der Waals surface area contributed by atoms with Gasteiger partial charge in [-0.1, -0.05) is 0 Å². The Balaban J connectivity index is 1.90. The highest BCUT2D eigenvalue weighted by molar-refractivity contribution is 7.91. The van der Waals surface area contributed by atoms with Crippen LogP contribution in [0.3, 0.4) is 0 Å². The number of rotatable bonds is 4. The first kappa shape index (κ1) is 14.7. The minimum absolute atomic E-state index is 0.0564. The third-order valence-electron chi connectivity index (χ3n) is 3.27. The fourth-order valence-electron chi connectivity index (χ4n) is 2.20. The minimum Gasteiger partial charge on any atom is -0.427 e. The van der Waals surface area contributed by atoms with Crippen molar-refractivity contribution in [3.05, 3.63) is 29.8 Å². The number of esters is 1. The van der Waals surface area contributed by atoms with E-state index in [1.54, 1.807) is 24.3 Å². The van der Waals surface area contributed by atoms with Gasteiger partial charge in [0.05, 0.1) is 11.5 Å². The Hall–Kier alpha value is -1.69. The molecule has 0 spiro atoms. The standard InChI is InChI=1S/C14H16O5S/c1-10(15)12-2-4-13(5-3-12)19-14(16)8-11-6-7-20(17,18)9-11/h2-5,11H,6-9H2,1H3/t11-/m1/s1. The number of sulfone groups is 1. The van der Waals surface area contributed by atoms with Crippen molar-refractivity contribution < 1.29 is 22.7 Å². The summed E-state index contributed by atoms with van der Waals surface area (Å²) in [6.07, 6.45) is 0.619. The number of hydrogen-bond donors (Lipinski definition) is 0. The molecule has 6 heteroatoms. The molecule has 0 aliphatic carbocycles. The normalized spacial score (nSPS) is 20.6. The Bertz CT molecular complexity index is 615. The Morgan fingerprint density at radius 1 is 1.25 bits per heavy atom. The van der Waals surface area contributed by atoms with Gasteiger partial charge in [-0.2, -0.15) is 0 Å². The molecule has 0 bridgehead atoms. The van der Waals surface area contributed by atoms with Gasteiger partial charge in [-0.25, -0.2) is 8.42 Å². The van der Waals surface area contributed by atoms with Crippen LogP contribution in [0.4, 0.5) is 0 Å². The molecule has 0 amide bonds. The SMILES string of the molecule is CC(=O)c1ccc(OC(=O)C[C@H]2CCS(=O)(=O)C2)cc1. The van der Waals surface area contributed by atoms with Crippen molar-refractivity contribution >= 4 is 21.6 Å². The number of Topliss-reactive ketones (excluding diaryl/α,β-unsaturated/α-hetero) is 1. The van der Waals surface area contributed by atoms with Crippen molar-refractivity contribution in [3.63, 3.8) is 0 Å². The van der Waals surface area contributed by atoms with Gasteiger partial charge < -0.3 is 4.74 Å². The van der Waals surface area contributed by atoms with Crippen molar-refractivity contribution in [2.24, 2.45) is 5.92 Å². The van der Waals surface area contributed by atoms with Crippen LogP contribution in [0.25, 0.3) is 0 Å². The van der Waals surface area contributed by atoms with E-state index in [2.05, 4.69) is 0 Å². The monoisotopic (exact) mass is 296 g/mol. The van der Waals surface area contributed by atoms with Crippen LogP contribution in [-0.2, 0) is 14.6 Å². The Kier molecular flexibility index (Phi) is 4.23. The highest BCUT2D eigenvalue weighted by Gasteiger charge is 2.29. The molecule has 0 saturated carbocycles. The molecule has 1 aromatic carbocycles. The largest absolute Gasteiger partial charge is 0.427 e. The molecule has 0 radical (unpaired) electrons. The zero-order chi connectivity index (χ0) is 14.8. The van der Waals surface area contributed by atoms with Crippen molar-refractivity contribution in [1.82, 2.24) is 0 Å². The zero-order valence-electron chi connectivity index (χ0n) is 11.2. The van der Waals surface area contributed by atoms with Gasteiger partial charge in [0.2, 0.25) is 0 Å². The van der Waals surface area contributed by atoms with Crippen molar-refractivity contribution in [2.75, 3.05) is 11.5 Å². The third-order valence-corrected chi connectivity index (χ3v) is 5.11. The first-order valence-electron chi connectivity index (χ1n) is 6.38. The molecule has 0 unspecified atom stereocenters. The number of carbonyl (C=O) groups excluding carboxylic acids is 2. The van der Waals surface area contributed by atoms with Gasteiger partial charge in [0.25, 0.3) is 0 Å². The summed E-state index contributed by atoms with van der Waals surface area (Å²) < 4.78 is 27.7. The molecule has 1 aliphatic rings. The van der Waals surface area contributed by atoms with E-state index in [1.165, 1.54) is 6.92 Å². The Morgan fingerprint density at radius 3 is 2.40 bits per heavy atom. The molecule has 1 aromatic rings. The van der Waals surface area contributed by atoms with Crippen molar-refractivity contribution in [1.29, 1.82) is 0 Å². The van der Waals surface area contributed by atoms with Gasteiger partial charge in [-0.3, -0.25) is 9.59 Å². The third kappa shape index (κ3) is 3.90. The van der Waals surface area contributed by atoms with Gasteiger partial charge in [-0.05, 0) is 43.5 Å². The molecule has 1 atom stereocenters. The predicted molar refractivity (Wildman–Crippen MR) is 73.5 cm³/mol. The predicted octanol–water partition coefficient (Wildman–Crippen LogP) is 1.62. The van der Waals surface area contributed by atoms with Crippen LogP contribution in [0.2, 0.25) is 0 Å². The second kappa shape index (κ2) is 5.75. The van der Waals surface area contributed by atoms with Crippen LogP contribution < -0.4 is 4.74 Å². The first-order valence-corrected chi connectivity index (χ1v) is 8.20. The maximum absolute atomic E-state index is 11.7. The Morgan fingerprint density at radius 2 is 1.90 bits per heavy atom. The summed E-state index contributed by atoms with van der Waals surface area (Å²) in [7, 11) is -2.97. The minimum atomic E-state index is -2.97. The van der Waals surface area contributed by atoms with E-state index in [0.29, 0.717) is 17.7 Å². The smallest absolute Gasteiger partial charge is 0.311 e. The van der Waals surface area contributed by atoms with Gasteiger partial charge >= 0.3 is 5.97 Å². The average molecular weight is 296 g/mol. The highest BCUT2D eigenvalue weighted by atomic mass is 32.2. The number of benzene rings is 1. The van der Waals surface area contributed by atoms with Crippen LogP contribution in [0.5, 0.6) is 5.75 Å². The second-order valence-electron chi connectivity index (χ2n) is 5.03. The summed E-state index contributed by atoms with van der Waals surface area (Å²) in [5, 5.41) is 0. The molecule has 20 heavy (non-hydrogen) atoms. The lowest BCUT2D eigenvalue weighted by atomic mass is 10.1.